The first-order valence-electron chi connectivity index (χ1n) is 14.6. The summed E-state index contributed by atoms with van der Waals surface area (Å²) in [6.45, 7) is 0.0745. The van der Waals surface area contributed by atoms with E-state index in [4.69, 9.17) is 9.47 Å². The Morgan fingerprint density at radius 1 is 0.638 bits per heavy atom. The highest BCUT2D eigenvalue weighted by Gasteiger charge is 2.42. The number of nitrogens with one attached hydrogen (secondary N) is 2. The van der Waals surface area contributed by atoms with Crippen molar-refractivity contribution in [2.75, 3.05) is 23.8 Å². The minimum Gasteiger partial charge on any atom is -0.454 e. The number of carbonyl (C=O) groups excluding carboxylic acids is 6. The number of rotatable bonds is 9. The Morgan fingerprint density at radius 3 is 1.74 bits per heavy atom. The zero-order valence-corrected chi connectivity index (χ0v) is 25.0. The van der Waals surface area contributed by atoms with Crippen LogP contribution in [-0.2, 0) is 23.9 Å². The van der Waals surface area contributed by atoms with Crippen molar-refractivity contribution in [3.8, 4) is 0 Å². The second-order valence-electron chi connectivity index (χ2n) is 10.8. The van der Waals surface area contributed by atoms with Gasteiger partial charge < -0.3 is 20.1 Å². The maximum atomic E-state index is 13.2. The number of esters is 2. The van der Waals surface area contributed by atoms with Gasteiger partial charge in [0, 0.05) is 22.1 Å². The summed E-state index contributed by atoms with van der Waals surface area (Å²) in [5.41, 5.74) is 0.901. The first kappa shape index (κ1) is 30.7. The normalized spacial score (nSPS) is 12.8. The lowest BCUT2D eigenvalue weighted by Gasteiger charge is -2.20. The lowest BCUT2D eigenvalue weighted by molar-refractivity contribution is -0.150. The standard InChI is InChI=1S/C36H27N3O8/c1-21(35(44)46-19-31(40)37-29-14-6-10-22-8-2-4-12-25(22)29)39-33(42)27-17-16-24(18-28(27)34(39)43)36(45)47-20-32(41)38-30-15-7-11-23-9-3-5-13-26(23)30/h2-18,21H,19-20H2,1H3,(H,37,40)(H,38,41)/t21-/m0/s1. The van der Waals surface area contributed by atoms with E-state index in [1.807, 2.05) is 60.7 Å². The number of ether oxygens (including phenoxy) is 2. The molecule has 234 valence electrons. The Balaban J connectivity index is 1.05. The lowest BCUT2D eigenvalue weighted by atomic mass is 10.1. The van der Waals surface area contributed by atoms with Crippen LogP contribution in [0, 0.1) is 0 Å². The van der Waals surface area contributed by atoms with Gasteiger partial charge in [0.1, 0.15) is 6.04 Å². The van der Waals surface area contributed by atoms with Gasteiger partial charge in [0.15, 0.2) is 13.2 Å². The number of hydrogen-bond donors (Lipinski definition) is 2. The van der Waals surface area contributed by atoms with Crippen LogP contribution in [0.4, 0.5) is 11.4 Å². The molecule has 11 nitrogen and oxygen atoms in total. The smallest absolute Gasteiger partial charge is 0.338 e. The van der Waals surface area contributed by atoms with Crippen LogP contribution in [-0.4, -0.2) is 59.7 Å². The number of carbonyl (C=O) groups is 6. The summed E-state index contributed by atoms with van der Waals surface area (Å²) in [5, 5.41) is 8.90. The molecule has 0 aliphatic carbocycles. The van der Waals surface area contributed by atoms with Gasteiger partial charge in [-0.05, 0) is 48.0 Å². The van der Waals surface area contributed by atoms with Crippen LogP contribution in [0.15, 0.2) is 103 Å². The third-order valence-electron chi connectivity index (χ3n) is 7.69. The van der Waals surface area contributed by atoms with Crippen LogP contribution >= 0.6 is 0 Å². The number of fused-ring (bicyclic) bond motifs is 3. The Hall–Kier alpha value is -6.36. The fraction of sp³-hybridized carbons (Fsp3) is 0.111. The van der Waals surface area contributed by atoms with Crippen molar-refractivity contribution >= 4 is 68.5 Å². The van der Waals surface area contributed by atoms with Gasteiger partial charge in [-0.2, -0.15) is 0 Å². The van der Waals surface area contributed by atoms with Gasteiger partial charge in [-0.1, -0.05) is 72.8 Å². The summed E-state index contributed by atoms with van der Waals surface area (Å²) >= 11 is 0. The summed E-state index contributed by atoms with van der Waals surface area (Å²) < 4.78 is 10.3. The molecule has 2 N–H and O–H groups in total. The molecular formula is C36H27N3O8. The molecule has 6 rings (SSSR count). The van der Waals surface area contributed by atoms with E-state index in [1.165, 1.54) is 25.1 Å². The molecule has 0 spiro atoms. The van der Waals surface area contributed by atoms with Crippen LogP contribution in [0.1, 0.15) is 38.0 Å². The van der Waals surface area contributed by atoms with Crippen molar-refractivity contribution in [3.05, 3.63) is 120 Å². The van der Waals surface area contributed by atoms with Crippen LogP contribution in [0.25, 0.3) is 21.5 Å². The highest BCUT2D eigenvalue weighted by molar-refractivity contribution is 6.23. The Kier molecular flexibility index (Phi) is 8.44. The first-order valence-corrected chi connectivity index (χ1v) is 14.6. The van der Waals surface area contributed by atoms with Gasteiger partial charge in [-0.25, -0.2) is 9.59 Å². The summed E-state index contributed by atoms with van der Waals surface area (Å²) in [4.78, 5) is 77.6. The minimum atomic E-state index is -1.36. The summed E-state index contributed by atoms with van der Waals surface area (Å²) in [7, 11) is 0. The average Bonchev–Trinajstić information content (AvgIpc) is 3.34. The largest absolute Gasteiger partial charge is 0.454 e. The van der Waals surface area contributed by atoms with Crippen LogP contribution in [0.2, 0.25) is 0 Å². The SMILES string of the molecule is C[C@@H](C(=O)OCC(=O)Nc1cccc2ccccc12)N1C(=O)c2ccc(C(=O)OCC(=O)Nc3cccc4ccccc34)cc2C1=O. The first-order chi connectivity index (χ1) is 22.7. The quantitative estimate of drug-likeness (QED) is 0.172. The second kappa shape index (κ2) is 12.9. The molecule has 1 heterocycles. The van der Waals surface area contributed by atoms with Crippen LogP contribution < -0.4 is 10.6 Å². The van der Waals surface area contributed by atoms with Gasteiger partial charge in [0.2, 0.25) is 0 Å². The van der Waals surface area contributed by atoms with E-state index in [-0.39, 0.29) is 16.7 Å². The monoisotopic (exact) mass is 629 g/mol. The van der Waals surface area contributed by atoms with Crippen molar-refractivity contribution < 1.29 is 38.2 Å². The van der Waals surface area contributed by atoms with Gasteiger partial charge in [0.05, 0.1) is 16.7 Å². The van der Waals surface area contributed by atoms with Gasteiger partial charge >= 0.3 is 11.9 Å². The number of hydrogen-bond acceptors (Lipinski definition) is 8. The van der Waals surface area contributed by atoms with Gasteiger partial charge in [0.25, 0.3) is 23.6 Å². The number of benzene rings is 5. The highest BCUT2D eigenvalue weighted by Crippen LogP contribution is 2.27. The molecule has 1 atom stereocenters. The molecule has 47 heavy (non-hydrogen) atoms. The molecule has 0 saturated heterocycles. The summed E-state index contributed by atoms with van der Waals surface area (Å²) in [5.74, 6) is -4.60. The molecule has 5 aromatic rings. The molecule has 0 saturated carbocycles. The molecular weight excluding hydrogens is 602 g/mol. The lowest BCUT2D eigenvalue weighted by Crippen LogP contribution is -2.44. The molecule has 0 fully saturated rings. The number of imide groups is 1. The number of amides is 4. The molecule has 4 amide bonds. The molecule has 0 radical (unpaired) electrons. The van der Waals surface area contributed by atoms with E-state index < -0.39 is 54.8 Å². The van der Waals surface area contributed by atoms with E-state index in [2.05, 4.69) is 10.6 Å². The fourth-order valence-corrected chi connectivity index (χ4v) is 5.36. The molecule has 0 bridgehead atoms. The van der Waals surface area contributed by atoms with E-state index in [9.17, 15) is 28.8 Å². The number of anilines is 2. The minimum absolute atomic E-state index is 0.0198. The summed E-state index contributed by atoms with van der Waals surface area (Å²) in [6, 6.07) is 28.1. The van der Waals surface area contributed by atoms with E-state index in [1.54, 1.807) is 24.3 Å². The third kappa shape index (κ3) is 6.27. The van der Waals surface area contributed by atoms with E-state index >= 15 is 0 Å². The fourth-order valence-electron chi connectivity index (χ4n) is 5.36. The van der Waals surface area contributed by atoms with E-state index in [0.29, 0.717) is 16.3 Å². The molecule has 0 unspecified atom stereocenters. The van der Waals surface area contributed by atoms with Gasteiger partial charge in [-0.15, -0.1) is 0 Å². The molecule has 1 aliphatic rings. The number of nitrogens with zero attached hydrogens (tertiary/aromatic N) is 1. The maximum absolute atomic E-state index is 13.2. The van der Waals surface area contributed by atoms with Crippen molar-refractivity contribution in [2.45, 2.75) is 13.0 Å². The van der Waals surface area contributed by atoms with Crippen LogP contribution in [0.5, 0.6) is 0 Å². The second-order valence-corrected chi connectivity index (χ2v) is 10.8. The van der Waals surface area contributed by atoms with Crippen LogP contribution in [0.3, 0.4) is 0 Å². The predicted octanol–water partition coefficient (Wildman–Crippen LogP) is 4.95. The Labute approximate surface area is 268 Å². The average molecular weight is 630 g/mol. The third-order valence-corrected chi connectivity index (χ3v) is 7.69. The summed E-state index contributed by atoms with van der Waals surface area (Å²) in [6.07, 6.45) is 0. The van der Waals surface area contributed by atoms with Crippen molar-refractivity contribution in [1.82, 2.24) is 4.90 Å². The Bertz CT molecular complexity index is 2100. The topological polar surface area (TPSA) is 148 Å². The van der Waals surface area contributed by atoms with E-state index in [0.717, 1.165) is 21.5 Å². The molecule has 1 aliphatic heterocycles. The Morgan fingerprint density at radius 2 is 1.15 bits per heavy atom. The zero-order chi connectivity index (χ0) is 33.1. The van der Waals surface area contributed by atoms with Crippen molar-refractivity contribution in [2.24, 2.45) is 0 Å². The molecule has 0 aromatic heterocycles. The zero-order valence-electron chi connectivity index (χ0n) is 25.0. The highest BCUT2D eigenvalue weighted by atomic mass is 16.5. The molecule has 5 aromatic carbocycles. The van der Waals surface area contributed by atoms with Crippen molar-refractivity contribution in [1.29, 1.82) is 0 Å². The maximum Gasteiger partial charge on any atom is 0.338 e. The predicted molar refractivity (Wildman–Crippen MR) is 173 cm³/mol. The van der Waals surface area contributed by atoms with Gasteiger partial charge in [-0.3, -0.25) is 24.1 Å². The van der Waals surface area contributed by atoms with Crippen molar-refractivity contribution in [3.63, 3.8) is 0 Å². The molecule has 11 heteroatoms.